The third-order valence-corrected chi connectivity index (χ3v) is 2.30. The quantitative estimate of drug-likeness (QED) is 0.504. The number of hydrogen-bond donors (Lipinski definition) is 2. The van der Waals surface area contributed by atoms with Crippen LogP contribution >= 0.6 is 0 Å². The molecule has 12 heteroatoms. The Kier molecular flexibility index (Phi) is 3.02. The highest BCUT2D eigenvalue weighted by Gasteiger charge is 2.25. The third kappa shape index (κ3) is 2.29. The summed E-state index contributed by atoms with van der Waals surface area (Å²) in [6.45, 7) is 3.58. The predicted octanol–water partition coefficient (Wildman–Crippen LogP) is 0.271. The summed E-state index contributed by atoms with van der Waals surface area (Å²) < 4.78 is 13.7. The Balaban J connectivity index is 2.06. The highest BCUT2D eigenvalue weighted by atomic mass is 16.6. The molecule has 0 aliphatic rings. The Bertz CT molecular complexity index is 836. The van der Waals surface area contributed by atoms with Gasteiger partial charge in [0, 0.05) is 5.71 Å². The van der Waals surface area contributed by atoms with Crippen LogP contribution in [0.25, 0.3) is 22.8 Å². The van der Waals surface area contributed by atoms with Crippen molar-refractivity contribution >= 4 is 11.5 Å². The molecule has 0 unspecified atom stereocenters. The minimum atomic E-state index is -0.583. The van der Waals surface area contributed by atoms with Crippen LogP contribution in [0.5, 0.6) is 0 Å². The van der Waals surface area contributed by atoms with E-state index in [4.69, 9.17) is 0 Å². The molecule has 2 N–H and O–H groups in total. The van der Waals surface area contributed by atoms with Crippen molar-refractivity contribution in [1.29, 1.82) is 0 Å². The molecule has 0 atom stereocenters. The largest absolute Gasteiger partial charge is 0.310 e. The zero-order chi connectivity index (χ0) is 14.8. The molecule has 3 aromatic rings. The first-order chi connectivity index (χ1) is 10.2. The lowest BCUT2D eigenvalue weighted by Crippen LogP contribution is -2.03. The van der Waals surface area contributed by atoms with Crippen molar-refractivity contribution in [3.05, 3.63) is 10.4 Å². The first-order valence-corrected chi connectivity index (χ1v) is 5.64. The summed E-state index contributed by atoms with van der Waals surface area (Å²) >= 11 is 0. The SMILES string of the molecule is CC(C)=NNc1nonc1-c1nonc1-c1no[nH]c1=O. The van der Waals surface area contributed by atoms with Crippen LogP contribution in [0.2, 0.25) is 0 Å². The zero-order valence-corrected chi connectivity index (χ0v) is 10.8. The van der Waals surface area contributed by atoms with Gasteiger partial charge < -0.3 is 0 Å². The van der Waals surface area contributed by atoms with Crippen molar-refractivity contribution in [1.82, 2.24) is 30.9 Å². The second-order valence-corrected chi connectivity index (χ2v) is 4.06. The van der Waals surface area contributed by atoms with Crippen LogP contribution in [0.3, 0.4) is 0 Å². The fourth-order valence-corrected chi connectivity index (χ4v) is 1.43. The van der Waals surface area contributed by atoms with Crippen LogP contribution in [-0.2, 0) is 0 Å². The molecule has 0 aliphatic carbocycles. The lowest BCUT2D eigenvalue weighted by Gasteiger charge is -1.96. The van der Waals surface area contributed by atoms with Crippen molar-refractivity contribution in [2.45, 2.75) is 13.8 Å². The van der Waals surface area contributed by atoms with E-state index in [0.29, 0.717) is 0 Å². The molecule has 0 spiro atoms. The maximum absolute atomic E-state index is 11.5. The molecule has 0 aromatic carbocycles. The smallest absolute Gasteiger partial charge is 0.267 e. The molecular formula is C9H8N8O4. The van der Waals surface area contributed by atoms with Gasteiger partial charge in [0.05, 0.1) is 0 Å². The average Bonchev–Trinajstić information content (AvgIpc) is 3.14. The van der Waals surface area contributed by atoms with Gasteiger partial charge in [-0.15, -0.1) is 0 Å². The highest BCUT2D eigenvalue weighted by molar-refractivity contribution is 5.81. The molecule has 3 rings (SSSR count). The molecule has 3 heterocycles. The van der Waals surface area contributed by atoms with Crippen molar-refractivity contribution in [2.24, 2.45) is 5.10 Å². The van der Waals surface area contributed by atoms with E-state index in [1.165, 1.54) is 0 Å². The molecule has 0 saturated carbocycles. The Hall–Kier alpha value is -3.31. The number of aromatic amines is 1. The van der Waals surface area contributed by atoms with Crippen LogP contribution in [0.4, 0.5) is 5.82 Å². The minimum Gasteiger partial charge on any atom is -0.267 e. The number of hydrazone groups is 1. The Morgan fingerprint density at radius 3 is 2.33 bits per heavy atom. The average molecular weight is 292 g/mol. The number of nitrogens with zero attached hydrogens (tertiary/aromatic N) is 6. The van der Waals surface area contributed by atoms with E-state index in [0.717, 1.165) is 5.71 Å². The number of anilines is 1. The van der Waals surface area contributed by atoms with E-state index >= 15 is 0 Å². The first-order valence-electron chi connectivity index (χ1n) is 5.64. The van der Waals surface area contributed by atoms with Gasteiger partial charge in [-0.3, -0.25) is 14.8 Å². The Morgan fingerprint density at radius 2 is 1.67 bits per heavy atom. The predicted molar refractivity (Wildman–Crippen MR) is 66.1 cm³/mol. The summed E-state index contributed by atoms with van der Waals surface area (Å²) in [6, 6.07) is 0. The molecule has 0 aliphatic heterocycles. The maximum Gasteiger partial charge on any atom is 0.310 e. The second-order valence-electron chi connectivity index (χ2n) is 4.06. The number of rotatable bonds is 4. The van der Waals surface area contributed by atoms with Crippen molar-refractivity contribution < 1.29 is 13.9 Å². The van der Waals surface area contributed by atoms with Gasteiger partial charge in [0.25, 0.3) is 0 Å². The van der Waals surface area contributed by atoms with Crippen LogP contribution in [0.1, 0.15) is 13.8 Å². The van der Waals surface area contributed by atoms with E-state index in [1.807, 2.05) is 5.16 Å². The van der Waals surface area contributed by atoms with Crippen LogP contribution in [-0.4, -0.2) is 36.7 Å². The summed E-state index contributed by atoms with van der Waals surface area (Å²) in [6.07, 6.45) is 0. The van der Waals surface area contributed by atoms with Gasteiger partial charge in [0.2, 0.25) is 11.5 Å². The number of hydrogen-bond acceptors (Lipinski definition) is 11. The number of nitrogens with one attached hydrogen (secondary N) is 2. The third-order valence-electron chi connectivity index (χ3n) is 2.30. The molecule has 0 radical (unpaired) electrons. The minimum absolute atomic E-state index is 0.0425. The van der Waals surface area contributed by atoms with Gasteiger partial charge in [0.15, 0.2) is 17.1 Å². The summed E-state index contributed by atoms with van der Waals surface area (Å²) in [5.41, 5.74) is 3.05. The lowest BCUT2D eigenvalue weighted by molar-refractivity contribution is 0.301. The fourth-order valence-electron chi connectivity index (χ4n) is 1.43. The van der Waals surface area contributed by atoms with Gasteiger partial charge in [-0.25, -0.2) is 9.26 Å². The normalized spacial score (nSPS) is 10.6. The fraction of sp³-hybridized carbons (Fsp3) is 0.222. The highest BCUT2D eigenvalue weighted by Crippen LogP contribution is 2.29. The van der Waals surface area contributed by atoms with Crippen molar-refractivity contribution in [3.63, 3.8) is 0 Å². The van der Waals surface area contributed by atoms with Crippen LogP contribution in [0.15, 0.2) is 23.8 Å². The molecule has 0 fully saturated rings. The number of aromatic nitrogens is 6. The molecule has 0 bridgehead atoms. The monoisotopic (exact) mass is 292 g/mol. The van der Waals surface area contributed by atoms with E-state index in [2.05, 4.69) is 50.2 Å². The van der Waals surface area contributed by atoms with Crippen LogP contribution in [0, 0.1) is 0 Å². The van der Waals surface area contributed by atoms with E-state index in [9.17, 15) is 4.79 Å². The Morgan fingerprint density at radius 1 is 1.00 bits per heavy atom. The Labute approximate surface area is 115 Å². The summed E-state index contributed by atoms with van der Waals surface area (Å²) in [5.74, 6) is 0.188. The maximum atomic E-state index is 11.5. The lowest BCUT2D eigenvalue weighted by atomic mass is 10.2. The second kappa shape index (κ2) is 4.99. The summed E-state index contributed by atoms with van der Waals surface area (Å²) in [7, 11) is 0. The number of H-pyrrole nitrogens is 1. The van der Waals surface area contributed by atoms with Crippen LogP contribution < -0.4 is 11.0 Å². The molecule has 0 saturated heterocycles. The summed E-state index contributed by atoms with van der Waals surface area (Å²) in [5, 5.41) is 24.1. The van der Waals surface area contributed by atoms with E-state index in [1.54, 1.807) is 13.8 Å². The molecule has 21 heavy (non-hydrogen) atoms. The van der Waals surface area contributed by atoms with Crippen molar-refractivity contribution in [3.8, 4) is 22.8 Å². The van der Waals surface area contributed by atoms with E-state index in [-0.39, 0.29) is 28.6 Å². The first kappa shape index (κ1) is 12.7. The van der Waals surface area contributed by atoms with Gasteiger partial charge in [-0.1, -0.05) is 0 Å². The standard InChI is InChI=1S/C9H8N8O4/c1-3(2)10-11-8-6(14-20-16-8)4-5(13-19-12-4)7-9(18)17-21-15-7/h1-2H3,(H,11,16)(H,17,18). The van der Waals surface area contributed by atoms with E-state index < -0.39 is 5.56 Å². The van der Waals surface area contributed by atoms with Gasteiger partial charge in [-0.05, 0) is 39.6 Å². The molecule has 108 valence electrons. The zero-order valence-electron chi connectivity index (χ0n) is 10.8. The molecule has 0 amide bonds. The van der Waals surface area contributed by atoms with Gasteiger partial charge in [-0.2, -0.15) is 10.3 Å². The van der Waals surface area contributed by atoms with Crippen molar-refractivity contribution in [2.75, 3.05) is 5.43 Å². The molecule has 3 aromatic heterocycles. The van der Waals surface area contributed by atoms with Gasteiger partial charge in [0.1, 0.15) is 0 Å². The molecular weight excluding hydrogens is 284 g/mol. The molecule has 12 nitrogen and oxygen atoms in total. The van der Waals surface area contributed by atoms with Gasteiger partial charge >= 0.3 is 5.56 Å². The summed E-state index contributed by atoms with van der Waals surface area (Å²) in [4.78, 5) is 11.5. The topological polar surface area (TPSA) is 161 Å².